The van der Waals surface area contributed by atoms with Crippen LogP contribution in [-0.4, -0.2) is 4.98 Å². The van der Waals surface area contributed by atoms with Gasteiger partial charge in [0.1, 0.15) is 12.4 Å². The molecule has 0 amide bonds. The zero-order chi connectivity index (χ0) is 15.6. The lowest BCUT2D eigenvalue weighted by atomic mass is 10.1. The van der Waals surface area contributed by atoms with Gasteiger partial charge in [0.2, 0.25) is 0 Å². The smallest absolute Gasteiger partial charge is 0.130 e. The highest BCUT2D eigenvalue weighted by Crippen LogP contribution is 2.24. The van der Waals surface area contributed by atoms with Crippen molar-refractivity contribution in [3.63, 3.8) is 0 Å². The molecule has 0 atom stereocenters. The summed E-state index contributed by atoms with van der Waals surface area (Å²) in [5.41, 5.74) is 1.93. The van der Waals surface area contributed by atoms with E-state index in [1.54, 1.807) is 0 Å². The van der Waals surface area contributed by atoms with Gasteiger partial charge in [0.25, 0.3) is 0 Å². The third-order valence-corrected chi connectivity index (χ3v) is 4.31. The molecule has 2 nitrogen and oxygen atoms in total. The predicted octanol–water partition coefficient (Wildman–Crippen LogP) is 5.73. The molecule has 0 unspecified atom stereocenters. The minimum atomic E-state index is 0.465. The Bertz CT molecular complexity index is 997. The molecule has 23 heavy (non-hydrogen) atoms. The van der Waals surface area contributed by atoms with Gasteiger partial charge in [-0.3, -0.25) is 0 Å². The lowest BCUT2D eigenvalue weighted by Gasteiger charge is -2.08. The van der Waals surface area contributed by atoms with Gasteiger partial charge < -0.3 is 4.74 Å². The molecule has 0 aliphatic rings. The summed E-state index contributed by atoms with van der Waals surface area (Å²) in [6.07, 6.45) is 0. The molecule has 0 fully saturated rings. The highest BCUT2D eigenvalue weighted by Gasteiger charge is 2.02. The van der Waals surface area contributed by atoms with Gasteiger partial charge in [-0.05, 0) is 47.2 Å². The number of aromatic nitrogens is 1. The van der Waals surface area contributed by atoms with Gasteiger partial charge in [0.05, 0.1) is 11.2 Å². The van der Waals surface area contributed by atoms with Crippen LogP contribution in [0.1, 0.15) is 5.69 Å². The minimum absolute atomic E-state index is 0.465. The van der Waals surface area contributed by atoms with Crippen molar-refractivity contribution in [2.24, 2.45) is 0 Å². The Kier molecular flexibility index (Phi) is 3.72. The largest absolute Gasteiger partial charge is 0.487 e. The molecule has 1 heterocycles. The van der Waals surface area contributed by atoms with Crippen LogP contribution in [0.15, 0.2) is 77.3 Å². The lowest BCUT2D eigenvalue weighted by molar-refractivity contribution is 0.302. The molecule has 0 saturated carbocycles. The van der Waals surface area contributed by atoms with Crippen molar-refractivity contribution in [2.45, 2.75) is 6.61 Å². The summed E-state index contributed by atoms with van der Waals surface area (Å²) in [5.74, 6) is 0.856. The van der Waals surface area contributed by atoms with E-state index in [-0.39, 0.29) is 0 Å². The summed E-state index contributed by atoms with van der Waals surface area (Å²) >= 11 is 3.49. The van der Waals surface area contributed by atoms with E-state index >= 15 is 0 Å². The maximum Gasteiger partial charge on any atom is 0.130 e. The number of hydrogen-bond acceptors (Lipinski definition) is 2. The number of pyridine rings is 1. The zero-order valence-electron chi connectivity index (χ0n) is 12.4. The first-order chi connectivity index (χ1) is 11.3. The van der Waals surface area contributed by atoms with Crippen molar-refractivity contribution in [3.8, 4) is 5.75 Å². The fourth-order valence-electron chi connectivity index (χ4n) is 2.63. The normalized spacial score (nSPS) is 11.0. The highest BCUT2D eigenvalue weighted by molar-refractivity contribution is 9.10. The molecule has 4 rings (SSSR count). The van der Waals surface area contributed by atoms with Crippen LogP contribution in [0.5, 0.6) is 5.75 Å². The molecule has 0 bridgehead atoms. The van der Waals surface area contributed by atoms with Gasteiger partial charge in [-0.25, -0.2) is 4.98 Å². The van der Waals surface area contributed by atoms with Crippen LogP contribution in [-0.2, 0) is 6.61 Å². The van der Waals surface area contributed by atoms with Crippen molar-refractivity contribution >= 4 is 37.6 Å². The lowest BCUT2D eigenvalue weighted by Crippen LogP contribution is -1.98. The van der Waals surface area contributed by atoms with Crippen LogP contribution in [0.25, 0.3) is 21.7 Å². The molecule has 3 aromatic carbocycles. The van der Waals surface area contributed by atoms with Gasteiger partial charge in [0.15, 0.2) is 0 Å². The number of hydrogen-bond donors (Lipinski definition) is 0. The SMILES string of the molecule is Brc1ccc2cc(OCc3ccc4ccccc4n3)ccc2c1. The topological polar surface area (TPSA) is 22.1 Å². The van der Waals surface area contributed by atoms with Crippen LogP contribution in [0.2, 0.25) is 0 Å². The van der Waals surface area contributed by atoms with E-state index in [0.29, 0.717) is 6.61 Å². The van der Waals surface area contributed by atoms with Crippen molar-refractivity contribution in [2.75, 3.05) is 0 Å². The van der Waals surface area contributed by atoms with E-state index in [1.165, 1.54) is 5.39 Å². The zero-order valence-corrected chi connectivity index (χ0v) is 14.0. The van der Waals surface area contributed by atoms with Crippen LogP contribution in [0, 0.1) is 0 Å². The van der Waals surface area contributed by atoms with Crippen LogP contribution in [0.3, 0.4) is 0 Å². The third kappa shape index (κ3) is 3.06. The van der Waals surface area contributed by atoms with E-state index in [2.05, 4.69) is 57.3 Å². The first-order valence-electron chi connectivity index (χ1n) is 7.45. The van der Waals surface area contributed by atoms with Crippen molar-refractivity contribution in [1.29, 1.82) is 0 Å². The Hall–Kier alpha value is -2.39. The Labute approximate surface area is 142 Å². The first kappa shape index (κ1) is 14.2. The van der Waals surface area contributed by atoms with Gasteiger partial charge in [-0.2, -0.15) is 0 Å². The number of fused-ring (bicyclic) bond motifs is 2. The number of nitrogens with zero attached hydrogens (tertiary/aromatic N) is 1. The standard InChI is InChI=1S/C20H14BrNO/c21-17-8-5-16-12-19(10-7-15(16)11-17)23-13-18-9-6-14-3-1-2-4-20(14)22-18/h1-12H,13H2. The summed E-state index contributed by atoms with van der Waals surface area (Å²) in [7, 11) is 0. The molecule has 0 aliphatic heterocycles. The Morgan fingerprint density at radius 1 is 0.783 bits per heavy atom. The van der Waals surface area contributed by atoms with Gasteiger partial charge in [-0.1, -0.05) is 52.3 Å². The molecular weight excluding hydrogens is 350 g/mol. The first-order valence-corrected chi connectivity index (χ1v) is 8.24. The third-order valence-electron chi connectivity index (χ3n) is 3.82. The molecule has 0 aliphatic carbocycles. The summed E-state index contributed by atoms with van der Waals surface area (Å²) in [6, 6.07) is 24.6. The van der Waals surface area contributed by atoms with Crippen molar-refractivity contribution in [3.05, 3.63) is 83.0 Å². The van der Waals surface area contributed by atoms with Crippen LogP contribution in [0.4, 0.5) is 0 Å². The summed E-state index contributed by atoms with van der Waals surface area (Å²) in [5, 5.41) is 3.50. The number of para-hydroxylation sites is 1. The van der Waals surface area contributed by atoms with Gasteiger partial charge in [-0.15, -0.1) is 0 Å². The average Bonchev–Trinajstić information content (AvgIpc) is 2.59. The molecule has 0 spiro atoms. The van der Waals surface area contributed by atoms with E-state index < -0.39 is 0 Å². The fraction of sp³-hybridized carbons (Fsp3) is 0.0500. The highest BCUT2D eigenvalue weighted by atomic mass is 79.9. The van der Waals surface area contributed by atoms with Crippen molar-refractivity contribution < 1.29 is 4.74 Å². The molecule has 0 saturated heterocycles. The maximum atomic E-state index is 5.91. The van der Waals surface area contributed by atoms with Crippen LogP contribution < -0.4 is 4.74 Å². The van der Waals surface area contributed by atoms with Gasteiger partial charge >= 0.3 is 0 Å². The number of halogens is 1. The summed E-state index contributed by atoms with van der Waals surface area (Å²) in [6.45, 7) is 0.465. The van der Waals surface area contributed by atoms with E-state index in [9.17, 15) is 0 Å². The monoisotopic (exact) mass is 363 g/mol. The molecule has 1 aromatic heterocycles. The average molecular weight is 364 g/mol. The second-order valence-corrected chi connectivity index (χ2v) is 6.35. The molecule has 4 aromatic rings. The van der Waals surface area contributed by atoms with Crippen LogP contribution >= 0.6 is 15.9 Å². The maximum absolute atomic E-state index is 5.91. The molecule has 0 radical (unpaired) electrons. The second-order valence-electron chi connectivity index (χ2n) is 5.44. The molecule has 112 valence electrons. The predicted molar refractivity (Wildman–Crippen MR) is 97.7 cm³/mol. The molecule has 3 heteroatoms. The molecular formula is C20H14BrNO. The number of rotatable bonds is 3. The van der Waals surface area contributed by atoms with E-state index in [4.69, 9.17) is 4.74 Å². The Balaban J connectivity index is 1.56. The van der Waals surface area contributed by atoms with Crippen molar-refractivity contribution in [1.82, 2.24) is 4.98 Å². The fourth-order valence-corrected chi connectivity index (χ4v) is 3.01. The number of benzene rings is 3. The van der Waals surface area contributed by atoms with E-state index in [1.807, 2.05) is 36.4 Å². The number of ether oxygens (including phenoxy) is 1. The Morgan fingerprint density at radius 2 is 1.57 bits per heavy atom. The van der Waals surface area contributed by atoms with E-state index in [0.717, 1.165) is 32.2 Å². The minimum Gasteiger partial charge on any atom is -0.487 e. The summed E-state index contributed by atoms with van der Waals surface area (Å²) < 4.78 is 6.99. The quantitative estimate of drug-likeness (QED) is 0.463. The van der Waals surface area contributed by atoms with Gasteiger partial charge in [0, 0.05) is 9.86 Å². The Morgan fingerprint density at radius 3 is 2.52 bits per heavy atom. The molecule has 0 N–H and O–H groups in total. The summed E-state index contributed by atoms with van der Waals surface area (Å²) in [4.78, 5) is 4.63. The second kappa shape index (κ2) is 6.01.